The zero-order valence-corrected chi connectivity index (χ0v) is 17.7. The van der Waals surface area contributed by atoms with E-state index in [2.05, 4.69) is 19.9 Å². The summed E-state index contributed by atoms with van der Waals surface area (Å²) in [7, 11) is 0. The first-order chi connectivity index (χ1) is 14.4. The minimum Gasteiger partial charge on any atom is -0.472 e. The average Bonchev–Trinajstić information content (AvgIpc) is 3.38. The maximum absolute atomic E-state index is 13.8. The molecule has 0 aliphatic carbocycles. The van der Waals surface area contributed by atoms with E-state index in [-0.39, 0.29) is 11.9 Å². The van der Waals surface area contributed by atoms with Crippen molar-refractivity contribution in [3.63, 3.8) is 0 Å². The van der Waals surface area contributed by atoms with Crippen molar-refractivity contribution in [2.24, 2.45) is 0 Å². The number of anilines is 1. The van der Waals surface area contributed by atoms with Gasteiger partial charge in [-0.3, -0.25) is 5.32 Å². The maximum Gasteiger partial charge on any atom is 0.319 e. The minimum atomic E-state index is -1.40. The van der Waals surface area contributed by atoms with Gasteiger partial charge in [-0.25, -0.2) is 18.0 Å². The molecule has 3 rings (SSSR count). The molecule has 0 saturated carbocycles. The van der Waals surface area contributed by atoms with Crippen LogP contribution in [0.25, 0.3) is 0 Å². The van der Waals surface area contributed by atoms with Gasteiger partial charge in [0.2, 0.25) is 5.88 Å². The van der Waals surface area contributed by atoms with Crippen LogP contribution in [-0.2, 0) is 6.61 Å². The quantitative estimate of drug-likeness (QED) is 0.319. The van der Waals surface area contributed by atoms with Gasteiger partial charge >= 0.3 is 6.03 Å². The molecule has 164 valence electrons. The lowest BCUT2D eigenvalue weighted by Crippen LogP contribution is -2.29. The van der Waals surface area contributed by atoms with Crippen molar-refractivity contribution in [1.82, 2.24) is 14.6 Å². The predicted octanol–water partition coefficient (Wildman–Crippen LogP) is 4.79. The number of carbonyl (C=O) groups is 1. The van der Waals surface area contributed by atoms with E-state index in [0.717, 1.165) is 44.0 Å². The summed E-state index contributed by atoms with van der Waals surface area (Å²) < 4.78 is 50.2. The fourth-order valence-electron chi connectivity index (χ4n) is 3.09. The minimum absolute atomic E-state index is 0.0510. The Labute approximate surface area is 181 Å². The van der Waals surface area contributed by atoms with Gasteiger partial charge < -0.3 is 15.0 Å². The number of aromatic nitrogens is 1. The van der Waals surface area contributed by atoms with Crippen LogP contribution in [0.5, 0.6) is 5.88 Å². The lowest BCUT2D eigenvalue weighted by molar-refractivity contribution is 0.251. The smallest absolute Gasteiger partial charge is 0.319 e. The summed E-state index contributed by atoms with van der Waals surface area (Å²) in [6.07, 6.45) is 4.44. The fraction of sp³-hybridized carbons (Fsp3) is 0.474. The largest absolute Gasteiger partial charge is 0.472 e. The first-order valence-corrected chi connectivity index (χ1v) is 10.8. The molecule has 1 aromatic carbocycles. The number of amides is 2. The van der Waals surface area contributed by atoms with Crippen molar-refractivity contribution in [1.29, 1.82) is 0 Å². The average molecular weight is 463 g/mol. The van der Waals surface area contributed by atoms with Crippen LogP contribution in [0.3, 0.4) is 0 Å². The molecule has 2 heterocycles. The van der Waals surface area contributed by atoms with Gasteiger partial charge in [-0.1, -0.05) is 11.6 Å². The topological polar surface area (TPSA) is 66.5 Å². The van der Waals surface area contributed by atoms with Crippen LogP contribution in [0.4, 0.5) is 23.0 Å². The van der Waals surface area contributed by atoms with E-state index >= 15 is 0 Å². The first kappa shape index (κ1) is 22.6. The number of rotatable bonds is 9. The van der Waals surface area contributed by atoms with E-state index in [1.165, 1.54) is 18.9 Å². The van der Waals surface area contributed by atoms with E-state index in [0.29, 0.717) is 17.6 Å². The predicted molar refractivity (Wildman–Crippen MR) is 110 cm³/mol. The molecular formula is C19H22ClF3N4O2S. The molecule has 2 amide bonds. The molecule has 2 N–H and O–H groups in total. The van der Waals surface area contributed by atoms with Crippen LogP contribution in [0.1, 0.15) is 31.2 Å². The molecule has 1 aliphatic rings. The number of hydrogen-bond donors (Lipinski definition) is 2. The molecular weight excluding hydrogens is 441 g/mol. The van der Waals surface area contributed by atoms with Crippen molar-refractivity contribution in [2.45, 2.75) is 32.3 Å². The third-order valence-corrected chi connectivity index (χ3v) is 5.65. The van der Waals surface area contributed by atoms with Gasteiger partial charge in [0, 0.05) is 12.6 Å². The third kappa shape index (κ3) is 6.23. The van der Waals surface area contributed by atoms with Crippen molar-refractivity contribution >= 4 is 34.2 Å². The monoisotopic (exact) mass is 462 g/mol. The van der Waals surface area contributed by atoms with Crippen LogP contribution in [0.2, 0.25) is 5.02 Å². The highest BCUT2D eigenvalue weighted by Crippen LogP contribution is 2.26. The highest BCUT2D eigenvalue weighted by Gasteiger charge is 2.19. The zero-order chi connectivity index (χ0) is 21.5. The van der Waals surface area contributed by atoms with E-state index in [1.54, 1.807) is 0 Å². The number of halogens is 4. The normalized spacial score (nSPS) is 14.1. The third-order valence-electron chi connectivity index (χ3n) is 4.68. The number of likely N-dealkylation sites (tertiary alicyclic amines) is 1. The summed E-state index contributed by atoms with van der Waals surface area (Å²) in [6, 6.07) is 1.73. The number of nitrogens with one attached hydrogen (secondary N) is 2. The fourth-order valence-corrected chi connectivity index (χ4v) is 3.86. The number of unbranched alkanes of at least 4 members (excludes halogenated alkanes) is 1. The van der Waals surface area contributed by atoms with Crippen LogP contribution in [-0.4, -0.2) is 41.5 Å². The van der Waals surface area contributed by atoms with Gasteiger partial charge in [-0.15, -0.1) is 0 Å². The van der Waals surface area contributed by atoms with Gasteiger partial charge in [0.15, 0.2) is 11.6 Å². The first-order valence-electron chi connectivity index (χ1n) is 9.62. The highest BCUT2D eigenvalue weighted by atomic mass is 35.5. The second-order valence-electron chi connectivity index (χ2n) is 6.90. The van der Waals surface area contributed by atoms with E-state index in [9.17, 15) is 18.0 Å². The summed E-state index contributed by atoms with van der Waals surface area (Å²) in [5.74, 6) is -3.71. The van der Waals surface area contributed by atoms with Gasteiger partial charge in [-0.05, 0) is 62.9 Å². The Balaban J connectivity index is 1.39. The molecule has 1 aromatic heterocycles. The van der Waals surface area contributed by atoms with Crippen LogP contribution in [0, 0.1) is 17.5 Å². The molecule has 2 aromatic rings. The van der Waals surface area contributed by atoms with Gasteiger partial charge in [0.1, 0.15) is 17.4 Å². The number of benzene rings is 1. The van der Waals surface area contributed by atoms with Crippen molar-refractivity contribution in [3.05, 3.63) is 40.2 Å². The summed E-state index contributed by atoms with van der Waals surface area (Å²) in [5, 5.41) is 5.15. The summed E-state index contributed by atoms with van der Waals surface area (Å²) in [4.78, 5) is 14.4. The Morgan fingerprint density at radius 3 is 2.73 bits per heavy atom. The number of nitrogens with zero attached hydrogens (tertiary/aromatic N) is 2. The van der Waals surface area contributed by atoms with E-state index in [1.807, 2.05) is 0 Å². The van der Waals surface area contributed by atoms with Crippen molar-refractivity contribution in [3.8, 4) is 5.88 Å². The Morgan fingerprint density at radius 1 is 1.20 bits per heavy atom. The van der Waals surface area contributed by atoms with Gasteiger partial charge in [0.25, 0.3) is 0 Å². The standard InChI is InChI=1S/C19H22ClF3N4O2S/c20-13-9-14(21)12(17(22)18(13)23)11-29-15-10-16(30-26-15)25-19(28)24-5-1-2-6-27-7-3-4-8-27/h9-10H,1-8,11H2,(H2,24,25,28). The molecule has 0 bridgehead atoms. The Bertz CT molecular complexity index is 878. The number of ether oxygens (including phenoxy) is 1. The second kappa shape index (κ2) is 10.8. The molecule has 1 fully saturated rings. The molecule has 1 saturated heterocycles. The van der Waals surface area contributed by atoms with Crippen LogP contribution < -0.4 is 15.4 Å². The molecule has 0 radical (unpaired) electrons. The van der Waals surface area contributed by atoms with Gasteiger partial charge in [-0.2, -0.15) is 4.37 Å². The lowest BCUT2D eigenvalue weighted by Gasteiger charge is -2.14. The Morgan fingerprint density at radius 2 is 1.97 bits per heavy atom. The molecule has 0 spiro atoms. The maximum atomic E-state index is 13.8. The van der Waals surface area contributed by atoms with Crippen LogP contribution >= 0.6 is 23.1 Å². The number of hydrogen-bond acceptors (Lipinski definition) is 5. The van der Waals surface area contributed by atoms with Crippen molar-refractivity contribution in [2.75, 3.05) is 31.5 Å². The zero-order valence-electron chi connectivity index (χ0n) is 16.1. The molecule has 11 heteroatoms. The van der Waals surface area contributed by atoms with E-state index in [4.69, 9.17) is 16.3 Å². The summed E-state index contributed by atoms with van der Waals surface area (Å²) >= 11 is 6.34. The molecule has 30 heavy (non-hydrogen) atoms. The highest BCUT2D eigenvalue weighted by molar-refractivity contribution is 7.10. The van der Waals surface area contributed by atoms with Crippen molar-refractivity contribution < 1.29 is 22.7 Å². The number of carbonyl (C=O) groups excluding carboxylic acids is 1. The Kier molecular flexibility index (Phi) is 8.17. The molecule has 0 unspecified atom stereocenters. The van der Waals surface area contributed by atoms with Crippen LogP contribution in [0.15, 0.2) is 12.1 Å². The Hall–Kier alpha value is -2.04. The summed E-state index contributed by atoms with van der Waals surface area (Å²) in [5.41, 5.74) is -0.592. The molecule has 1 aliphatic heterocycles. The number of urea groups is 1. The van der Waals surface area contributed by atoms with Gasteiger partial charge in [0.05, 0.1) is 10.6 Å². The molecule has 6 nitrogen and oxygen atoms in total. The SMILES string of the molecule is O=C(NCCCCN1CCCC1)Nc1cc(OCc2c(F)cc(Cl)c(F)c2F)ns1. The van der Waals surface area contributed by atoms with E-state index < -0.39 is 34.6 Å². The lowest BCUT2D eigenvalue weighted by atomic mass is 10.2. The second-order valence-corrected chi connectivity index (χ2v) is 8.11. The molecule has 0 atom stereocenters. The summed E-state index contributed by atoms with van der Waals surface area (Å²) in [6.45, 7) is 3.37.